The highest BCUT2D eigenvalue weighted by Crippen LogP contribution is 2.26. The molecule has 0 fully saturated rings. The van der Waals surface area contributed by atoms with Gasteiger partial charge in [0.05, 0.1) is 24.3 Å². The zero-order chi connectivity index (χ0) is 17.7. The van der Waals surface area contributed by atoms with Gasteiger partial charge in [0.2, 0.25) is 0 Å². The Morgan fingerprint density at radius 3 is 2.04 bits per heavy atom. The first kappa shape index (κ1) is 17.7. The molecule has 1 aliphatic rings. The summed E-state index contributed by atoms with van der Waals surface area (Å²) in [5.74, 6) is -2.32. The molecule has 7 nitrogen and oxygen atoms in total. The lowest BCUT2D eigenvalue weighted by atomic mass is 10.1. The number of hydrogen-bond donors (Lipinski definition) is 0. The molecular formula is C17H19NO6. The van der Waals surface area contributed by atoms with Crippen molar-refractivity contribution in [3.8, 4) is 0 Å². The van der Waals surface area contributed by atoms with Gasteiger partial charge in [-0.05, 0) is 32.4 Å². The Kier molecular flexibility index (Phi) is 5.68. The first-order chi connectivity index (χ1) is 11.5. The Balaban J connectivity index is 2.24. The number of esters is 2. The lowest BCUT2D eigenvalue weighted by molar-refractivity contribution is -0.149. The second kappa shape index (κ2) is 7.72. The number of ether oxygens (including phenoxy) is 2. The lowest BCUT2D eigenvalue weighted by Gasteiger charge is -2.24. The highest BCUT2D eigenvalue weighted by Gasteiger charge is 2.43. The van der Waals surface area contributed by atoms with Gasteiger partial charge in [0.25, 0.3) is 11.8 Å². The monoisotopic (exact) mass is 333 g/mol. The number of fused-ring (bicyclic) bond motifs is 1. The molecule has 0 aliphatic carbocycles. The van der Waals surface area contributed by atoms with Gasteiger partial charge in [0, 0.05) is 6.42 Å². The topological polar surface area (TPSA) is 90.0 Å². The van der Waals surface area contributed by atoms with Crippen LogP contribution in [0.1, 0.15) is 47.4 Å². The van der Waals surface area contributed by atoms with E-state index >= 15 is 0 Å². The maximum absolute atomic E-state index is 12.5. The van der Waals surface area contributed by atoms with Gasteiger partial charge in [-0.2, -0.15) is 0 Å². The Morgan fingerprint density at radius 1 is 1.00 bits per heavy atom. The molecule has 2 amide bonds. The third kappa shape index (κ3) is 3.45. The van der Waals surface area contributed by atoms with Gasteiger partial charge in [-0.15, -0.1) is 0 Å². The quantitative estimate of drug-likeness (QED) is 0.555. The van der Waals surface area contributed by atoms with E-state index in [1.54, 1.807) is 26.0 Å². The molecule has 0 radical (unpaired) electrons. The molecule has 1 aromatic carbocycles. The smallest absolute Gasteiger partial charge is 0.329 e. The van der Waals surface area contributed by atoms with Crippen molar-refractivity contribution in [2.45, 2.75) is 32.7 Å². The number of hydrogen-bond acceptors (Lipinski definition) is 6. The number of carbonyl (C=O) groups excluding carboxylic acids is 4. The predicted molar refractivity (Wildman–Crippen MR) is 83.2 cm³/mol. The van der Waals surface area contributed by atoms with Gasteiger partial charge in [-0.25, -0.2) is 4.79 Å². The van der Waals surface area contributed by atoms with E-state index in [0.717, 1.165) is 4.90 Å². The molecule has 0 saturated carbocycles. The van der Waals surface area contributed by atoms with E-state index < -0.39 is 29.8 Å². The van der Waals surface area contributed by atoms with Gasteiger partial charge in [-0.1, -0.05) is 12.1 Å². The second-order valence-corrected chi connectivity index (χ2v) is 5.14. The lowest BCUT2D eigenvalue weighted by Crippen LogP contribution is -2.46. The van der Waals surface area contributed by atoms with Crippen LogP contribution in [0.4, 0.5) is 0 Å². The average molecular weight is 333 g/mol. The minimum absolute atomic E-state index is 0.0386. The Bertz CT molecular complexity index is 634. The van der Waals surface area contributed by atoms with Crippen molar-refractivity contribution >= 4 is 23.8 Å². The molecule has 0 aromatic heterocycles. The van der Waals surface area contributed by atoms with Crippen LogP contribution in [-0.4, -0.2) is 47.9 Å². The molecule has 1 atom stereocenters. The third-order valence-corrected chi connectivity index (χ3v) is 3.62. The minimum atomic E-state index is -1.15. The summed E-state index contributed by atoms with van der Waals surface area (Å²) < 4.78 is 9.80. The van der Waals surface area contributed by atoms with E-state index in [9.17, 15) is 19.2 Å². The highest BCUT2D eigenvalue weighted by atomic mass is 16.5. The van der Waals surface area contributed by atoms with Gasteiger partial charge >= 0.3 is 11.9 Å². The van der Waals surface area contributed by atoms with Crippen molar-refractivity contribution in [2.75, 3.05) is 13.2 Å². The summed E-state index contributed by atoms with van der Waals surface area (Å²) in [6.07, 6.45) is -0.131. The first-order valence-corrected chi connectivity index (χ1v) is 7.80. The fourth-order valence-corrected chi connectivity index (χ4v) is 2.57. The van der Waals surface area contributed by atoms with Crippen LogP contribution in [0.25, 0.3) is 0 Å². The van der Waals surface area contributed by atoms with Crippen molar-refractivity contribution < 1.29 is 28.7 Å². The van der Waals surface area contributed by atoms with Gasteiger partial charge in [0.1, 0.15) is 6.04 Å². The maximum atomic E-state index is 12.5. The summed E-state index contributed by atoms with van der Waals surface area (Å²) in [5, 5.41) is 0. The molecule has 1 aliphatic heterocycles. The number of imide groups is 1. The molecule has 0 saturated heterocycles. The first-order valence-electron chi connectivity index (χ1n) is 7.80. The molecule has 1 aromatic rings. The molecule has 1 unspecified atom stereocenters. The molecule has 0 spiro atoms. The number of benzene rings is 1. The van der Waals surface area contributed by atoms with E-state index in [4.69, 9.17) is 9.47 Å². The molecule has 128 valence electrons. The number of carbonyl (C=O) groups is 4. The zero-order valence-electron chi connectivity index (χ0n) is 13.6. The highest BCUT2D eigenvalue weighted by molar-refractivity contribution is 6.22. The van der Waals surface area contributed by atoms with E-state index in [-0.39, 0.29) is 37.2 Å². The fourth-order valence-electron chi connectivity index (χ4n) is 2.57. The van der Waals surface area contributed by atoms with E-state index in [1.165, 1.54) is 12.1 Å². The van der Waals surface area contributed by atoms with Crippen molar-refractivity contribution in [3.63, 3.8) is 0 Å². The van der Waals surface area contributed by atoms with Crippen LogP contribution in [0, 0.1) is 0 Å². The number of amides is 2. The average Bonchev–Trinajstić information content (AvgIpc) is 2.81. The van der Waals surface area contributed by atoms with Crippen LogP contribution >= 0.6 is 0 Å². The standard InChI is InChI=1S/C17H19NO6/c1-3-23-14(19)10-9-13(17(22)24-4-2)18-15(20)11-7-5-6-8-12(11)16(18)21/h5-8,13H,3-4,9-10H2,1-2H3. The van der Waals surface area contributed by atoms with Crippen LogP contribution < -0.4 is 0 Å². The fraction of sp³-hybridized carbons (Fsp3) is 0.412. The van der Waals surface area contributed by atoms with Gasteiger partial charge < -0.3 is 9.47 Å². The van der Waals surface area contributed by atoms with E-state index in [0.29, 0.717) is 0 Å². The summed E-state index contributed by atoms with van der Waals surface area (Å²) in [4.78, 5) is 49.7. The van der Waals surface area contributed by atoms with Gasteiger partial charge in [-0.3, -0.25) is 19.3 Å². The van der Waals surface area contributed by atoms with Crippen molar-refractivity contribution in [3.05, 3.63) is 35.4 Å². The number of nitrogens with zero attached hydrogens (tertiary/aromatic N) is 1. The molecule has 24 heavy (non-hydrogen) atoms. The molecule has 1 heterocycles. The van der Waals surface area contributed by atoms with Crippen molar-refractivity contribution in [1.82, 2.24) is 4.90 Å². The maximum Gasteiger partial charge on any atom is 0.329 e. The molecule has 2 rings (SSSR count). The van der Waals surface area contributed by atoms with Crippen molar-refractivity contribution in [2.24, 2.45) is 0 Å². The SMILES string of the molecule is CCOC(=O)CCC(C(=O)OCC)N1C(=O)c2ccccc2C1=O. The van der Waals surface area contributed by atoms with Crippen LogP contribution in [0.5, 0.6) is 0 Å². The summed E-state index contributed by atoms with van der Waals surface area (Å²) in [7, 11) is 0. The van der Waals surface area contributed by atoms with E-state index in [1.807, 2.05) is 0 Å². The molecule has 0 bridgehead atoms. The molecule has 7 heteroatoms. The summed E-state index contributed by atoms with van der Waals surface area (Å²) >= 11 is 0. The summed E-state index contributed by atoms with van der Waals surface area (Å²) in [6, 6.07) is 5.20. The Morgan fingerprint density at radius 2 is 1.54 bits per heavy atom. The van der Waals surface area contributed by atoms with Crippen LogP contribution in [0.15, 0.2) is 24.3 Å². The normalized spacial score (nSPS) is 14.3. The summed E-state index contributed by atoms with van der Waals surface area (Å²) in [6.45, 7) is 3.63. The third-order valence-electron chi connectivity index (χ3n) is 3.62. The summed E-state index contributed by atoms with van der Waals surface area (Å²) in [5.41, 5.74) is 0.487. The minimum Gasteiger partial charge on any atom is -0.466 e. The largest absolute Gasteiger partial charge is 0.466 e. The van der Waals surface area contributed by atoms with Crippen LogP contribution in [0.3, 0.4) is 0 Å². The second-order valence-electron chi connectivity index (χ2n) is 5.14. The van der Waals surface area contributed by atoms with Crippen LogP contribution in [0.2, 0.25) is 0 Å². The zero-order valence-corrected chi connectivity index (χ0v) is 13.6. The van der Waals surface area contributed by atoms with Crippen molar-refractivity contribution in [1.29, 1.82) is 0 Å². The van der Waals surface area contributed by atoms with Crippen LogP contribution in [-0.2, 0) is 19.1 Å². The van der Waals surface area contributed by atoms with E-state index in [2.05, 4.69) is 0 Å². The molecular weight excluding hydrogens is 314 g/mol. The predicted octanol–water partition coefficient (Wildman–Crippen LogP) is 1.56. The Hall–Kier alpha value is -2.70. The number of rotatable bonds is 7. The molecule has 0 N–H and O–H groups in total. The van der Waals surface area contributed by atoms with Gasteiger partial charge in [0.15, 0.2) is 0 Å². The Labute approximate surface area is 139 Å².